The molecule has 0 spiro atoms. The molecule has 0 radical (unpaired) electrons. The van der Waals surface area contributed by atoms with Crippen molar-refractivity contribution < 1.29 is 4.79 Å². The zero-order valence-corrected chi connectivity index (χ0v) is 13.6. The highest BCUT2D eigenvalue weighted by molar-refractivity contribution is 5.76. The van der Waals surface area contributed by atoms with Gasteiger partial charge in [0.2, 0.25) is 5.91 Å². The van der Waals surface area contributed by atoms with Gasteiger partial charge in [0.05, 0.1) is 5.69 Å². The molecule has 0 unspecified atom stereocenters. The minimum atomic E-state index is -0.167. The molecule has 0 saturated heterocycles. The first-order valence-corrected chi connectivity index (χ1v) is 7.35. The Balaban J connectivity index is 2.76. The summed E-state index contributed by atoms with van der Waals surface area (Å²) in [7, 11) is 0. The standard InChI is InChI=1S/C15H28N4O/c1-7-15(5,6)17-14(20)10-19-12(4)13(9-16-8-2)11(3)18-19/h16H,7-10H2,1-6H3,(H,17,20). The lowest BCUT2D eigenvalue weighted by atomic mass is 10.0. The van der Waals surface area contributed by atoms with Crippen molar-refractivity contribution in [2.75, 3.05) is 6.54 Å². The van der Waals surface area contributed by atoms with E-state index in [9.17, 15) is 4.79 Å². The van der Waals surface area contributed by atoms with Crippen LogP contribution in [-0.4, -0.2) is 27.8 Å². The molecule has 2 N–H and O–H groups in total. The number of hydrogen-bond donors (Lipinski definition) is 2. The Bertz CT molecular complexity index is 463. The van der Waals surface area contributed by atoms with Crippen LogP contribution in [-0.2, 0) is 17.9 Å². The minimum absolute atomic E-state index is 0.0115. The van der Waals surface area contributed by atoms with Gasteiger partial charge in [-0.3, -0.25) is 9.48 Å². The Morgan fingerprint density at radius 2 is 1.95 bits per heavy atom. The van der Waals surface area contributed by atoms with E-state index in [4.69, 9.17) is 0 Å². The van der Waals surface area contributed by atoms with Crippen LogP contribution >= 0.6 is 0 Å². The van der Waals surface area contributed by atoms with Gasteiger partial charge in [-0.25, -0.2) is 0 Å². The quantitative estimate of drug-likeness (QED) is 0.802. The lowest BCUT2D eigenvalue weighted by Crippen LogP contribution is -2.44. The number of carbonyl (C=O) groups is 1. The fourth-order valence-corrected chi connectivity index (χ4v) is 2.04. The van der Waals surface area contributed by atoms with E-state index in [-0.39, 0.29) is 18.0 Å². The molecule has 114 valence electrons. The Kier molecular flexibility index (Phi) is 5.74. The first-order chi connectivity index (χ1) is 9.30. The average Bonchev–Trinajstić information content (AvgIpc) is 2.61. The molecular formula is C15H28N4O. The molecule has 1 rings (SSSR count). The van der Waals surface area contributed by atoms with E-state index >= 15 is 0 Å². The van der Waals surface area contributed by atoms with E-state index in [0.717, 1.165) is 30.9 Å². The molecule has 1 aromatic heterocycles. The van der Waals surface area contributed by atoms with Crippen molar-refractivity contribution in [1.29, 1.82) is 0 Å². The van der Waals surface area contributed by atoms with Crippen LogP contribution < -0.4 is 10.6 Å². The number of aryl methyl sites for hydroxylation is 1. The van der Waals surface area contributed by atoms with E-state index in [2.05, 4.69) is 29.6 Å². The lowest BCUT2D eigenvalue weighted by molar-refractivity contribution is -0.123. The third-order valence-electron chi connectivity index (χ3n) is 3.74. The van der Waals surface area contributed by atoms with Crippen molar-refractivity contribution in [3.05, 3.63) is 17.0 Å². The molecule has 5 nitrogen and oxygen atoms in total. The van der Waals surface area contributed by atoms with Gasteiger partial charge in [-0.05, 0) is 40.7 Å². The molecular weight excluding hydrogens is 252 g/mol. The van der Waals surface area contributed by atoms with Gasteiger partial charge < -0.3 is 10.6 Å². The van der Waals surface area contributed by atoms with Crippen molar-refractivity contribution in [2.24, 2.45) is 0 Å². The van der Waals surface area contributed by atoms with Crippen LogP contribution in [0.4, 0.5) is 0 Å². The highest BCUT2D eigenvalue weighted by Crippen LogP contribution is 2.13. The smallest absolute Gasteiger partial charge is 0.242 e. The molecule has 0 bridgehead atoms. The maximum Gasteiger partial charge on any atom is 0.242 e. The number of aromatic nitrogens is 2. The molecule has 5 heteroatoms. The molecule has 0 atom stereocenters. The second-order valence-electron chi connectivity index (χ2n) is 5.87. The highest BCUT2D eigenvalue weighted by atomic mass is 16.2. The summed E-state index contributed by atoms with van der Waals surface area (Å²) in [4.78, 5) is 12.1. The van der Waals surface area contributed by atoms with Gasteiger partial charge in [0.25, 0.3) is 0 Å². The van der Waals surface area contributed by atoms with Crippen molar-refractivity contribution in [2.45, 2.75) is 66.6 Å². The van der Waals surface area contributed by atoms with Gasteiger partial charge in [-0.15, -0.1) is 0 Å². The fraction of sp³-hybridized carbons (Fsp3) is 0.733. The SMILES string of the molecule is CCNCc1c(C)nn(CC(=O)NC(C)(C)CC)c1C. The van der Waals surface area contributed by atoms with Crippen molar-refractivity contribution in [3.8, 4) is 0 Å². The van der Waals surface area contributed by atoms with Crippen molar-refractivity contribution >= 4 is 5.91 Å². The fourth-order valence-electron chi connectivity index (χ4n) is 2.04. The number of nitrogens with one attached hydrogen (secondary N) is 2. The molecule has 0 saturated carbocycles. The maximum atomic E-state index is 12.1. The highest BCUT2D eigenvalue weighted by Gasteiger charge is 2.19. The third-order valence-corrected chi connectivity index (χ3v) is 3.74. The number of rotatable bonds is 7. The van der Waals surface area contributed by atoms with Crippen LogP contribution in [0.25, 0.3) is 0 Å². The largest absolute Gasteiger partial charge is 0.350 e. The van der Waals surface area contributed by atoms with Gasteiger partial charge in [0.15, 0.2) is 0 Å². The number of nitrogens with zero attached hydrogens (tertiary/aromatic N) is 2. The molecule has 0 aliphatic heterocycles. The molecule has 1 heterocycles. The minimum Gasteiger partial charge on any atom is -0.350 e. The Hall–Kier alpha value is -1.36. The summed E-state index contributed by atoms with van der Waals surface area (Å²) >= 11 is 0. The van der Waals surface area contributed by atoms with Crippen LogP contribution in [0.2, 0.25) is 0 Å². The molecule has 1 aromatic rings. The van der Waals surface area contributed by atoms with Gasteiger partial charge in [-0.2, -0.15) is 5.10 Å². The van der Waals surface area contributed by atoms with Crippen LogP contribution in [0.15, 0.2) is 0 Å². The van der Waals surface area contributed by atoms with E-state index in [1.807, 2.05) is 27.7 Å². The predicted octanol–water partition coefficient (Wildman–Crippen LogP) is 1.91. The predicted molar refractivity (Wildman–Crippen MR) is 81.6 cm³/mol. The second-order valence-corrected chi connectivity index (χ2v) is 5.87. The van der Waals surface area contributed by atoms with Gasteiger partial charge in [0.1, 0.15) is 6.54 Å². The van der Waals surface area contributed by atoms with Gasteiger partial charge in [-0.1, -0.05) is 13.8 Å². The summed E-state index contributed by atoms with van der Waals surface area (Å²) in [5.74, 6) is 0.0115. The summed E-state index contributed by atoms with van der Waals surface area (Å²) in [5, 5.41) is 10.8. The van der Waals surface area contributed by atoms with Gasteiger partial charge >= 0.3 is 0 Å². The Morgan fingerprint density at radius 1 is 1.30 bits per heavy atom. The molecule has 0 aliphatic rings. The van der Waals surface area contributed by atoms with Crippen molar-refractivity contribution in [1.82, 2.24) is 20.4 Å². The summed E-state index contributed by atoms with van der Waals surface area (Å²) in [6.07, 6.45) is 0.904. The average molecular weight is 280 g/mol. The number of hydrogen-bond acceptors (Lipinski definition) is 3. The van der Waals surface area contributed by atoms with Gasteiger partial charge in [0, 0.05) is 23.3 Å². The molecule has 20 heavy (non-hydrogen) atoms. The van der Waals surface area contributed by atoms with E-state index in [1.54, 1.807) is 4.68 Å². The monoisotopic (exact) mass is 280 g/mol. The molecule has 1 amide bonds. The summed E-state index contributed by atoms with van der Waals surface area (Å²) < 4.78 is 1.79. The number of carbonyl (C=O) groups excluding carboxylic acids is 1. The maximum absolute atomic E-state index is 12.1. The zero-order chi connectivity index (χ0) is 15.3. The first kappa shape index (κ1) is 16.7. The molecule has 0 aromatic carbocycles. The first-order valence-electron chi connectivity index (χ1n) is 7.35. The zero-order valence-electron chi connectivity index (χ0n) is 13.6. The van der Waals surface area contributed by atoms with E-state index in [0.29, 0.717) is 0 Å². The van der Waals surface area contributed by atoms with Crippen LogP contribution in [0.1, 0.15) is 51.1 Å². The molecule has 0 aliphatic carbocycles. The topological polar surface area (TPSA) is 59.0 Å². The van der Waals surface area contributed by atoms with Crippen LogP contribution in [0, 0.1) is 13.8 Å². The van der Waals surface area contributed by atoms with Crippen LogP contribution in [0.5, 0.6) is 0 Å². The van der Waals surface area contributed by atoms with E-state index in [1.165, 1.54) is 5.56 Å². The summed E-state index contributed by atoms with van der Waals surface area (Å²) in [5.41, 5.74) is 3.08. The number of amides is 1. The van der Waals surface area contributed by atoms with E-state index < -0.39 is 0 Å². The lowest BCUT2D eigenvalue weighted by Gasteiger charge is -2.24. The Morgan fingerprint density at radius 3 is 2.50 bits per heavy atom. The summed E-state index contributed by atoms with van der Waals surface area (Å²) in [6, 6.07) is 0. The summed E-state index contributed by atoms with van der Waals surface area (Å²) in [6.45, 7) is 14.2. The van der Waals surface area contributed by atoms with Crippen LogP contribution in [0.3, 0.4) is 0 Å². The second kappa shape index (κ2) is 6.88. The third kappa shape index (κ3) is 4.34. The molecule has 0 fully saturated rings. The normalized spacial score (nSPS) is 11.7. The van der Waals surface area contributed by atoms with Crippen molar-refractivity contribution in [3.63, 3.8) is 0 Å². The Labute approximate surface area is 122 Å².